The average molecular weight is 266 g/mol. The fraction of sp³-hybridized carbons (Fsp3) is 0.235. The van der Waals surface area contributed by atoms with Crippen molar-refractivity contribution in [2.24, 2.45) is 0 Å². The van der Waals surface area contributed by atoms with Gasteiger partial charge >= 0.3 is 0 Å². The second-order valence-electron chi connectivity index (χ2n) is 5.28. The predicted octanol–water partition coefficient (Wildman–Crippen LogP) is 2.51. The van der Waals surface area contributed by atoms with E-state index >= 15 is 0 Å². The molecule has 2 aromatic rings. The van der Waals surface area contributed by atoms with Crippen LogP contribution in [0.5, 0.6) is 0 Å². The number of nitrogens with zero attached hydrogens (tertiary/aromatic N) is 1. The van der Waals surface area contributed by atoms with Gasteiger partial charge in [-0.2, -0.15) is 0 Å². The Kier molecular flexibility index (Phi) is 3.52. The van der Waals surface area contributed by atoms with Gasteiger partial charge < -0.3 is 5.73 Å². The molecule has 2 N–H and O–H groups in total. The molecule has 0 atom stereocenters. The molecule has 0 radical (unpaired) electrons. The lowest BCUT2D eigenvalue weighted by atomic mass is 9.98. The number of ketones is 1. The van der Waals surface area contributed by atoms with E-state index in [1.165, 1.54) is 11.1 Å². The largest absolute Gasteiger partial charge is 0.399 e. The van der Waals surface area contributed by atoms with E-state index in [9.17, 15) is 4.79 Å². The van der Waals surface area contributed by atoms with Crippen LogP contribution in [0.3, 0.4) is 0 Å². The molecule has 0 unspecified atom stereocenters. The number of nitrogens with two attached hydrogens (primary N) is 1. The van der Waals surface area contributed by atoms with E-state index in [0.717, 1.165) is 30.8 Å². The molecule has 0 bridgehead atoms. The molecular formula is C17H18N2O. The molecular weight excluding hydrogens is 248 g/mol. The molecule has 102 valence electrons. The second-order valence-corrected chi connectivity index (χ2v) is 5.28. The number of nitrogen functional groups attached to an aromatic ring is 1. The van der Waals surface area contributed by atoms with Gasteiger partial charge in [0.05, 0.1) is 6.54 Å². The van der Waals surface area contributed by atoms with Gasteiger partial charge in [-0.25, -0.2) is 0 Å². The highest BCUT2D eigenvalue weighted by molar-refractivity contribution is 5.97. The summed E-state index contributed by atoms with van der Waals surface area (Å²) in [7, 11) is 0. The standard InChI is InChI=1S/C17H18N2O/c18-16-7-6-15-11-19(9-8-14(15)10-16)12-17(20)13-4-2-1-3-5-13/h1-7,10H,8-9,11-12,18H2. The van der Waals surface area contributed by atoms with Gasteiger partial charge in [0.2, 0.25) is 0 Å². The number of Topliss-reactive ketones (excluding diaryl/α,β-unsaturated/α-hetero) is 1. The minimum absolute atomic E-state index is 0.185. The molecule has 3 rings (SSSR count). The first kappa shape index (κ1) is 12.9. The van der Waals surface area contributed by atoms with Gasteiger partial charge in [-0.15, -0.1) is 0 Å². The van der Waals surface area contributed by atoms with E-state index in [1.54, 1.807) is 0 Å². The molecule has 3 heteroatoms. The van der Waals surface area contributed by atoms with Crippen molar-refractivity contribution in [3.8, 4) is 0 Å². The van der Waals surface area contributed by atoms with Crippen LogP contribution >= 0.6 is 0 Å². The summed E-state index contributed by atoms with van der Waals surface area (Å²) in [6.07, 6.45) is 0.961. The Morgan fingerprint density at radius 1 is 1.10 bits per heavy atom. The van der Waals surface area contributed by atoms with Crippen LogP contribution in [0, 0.1) is 0 Å². The summed E-state index contributed by atoms with van der Waals surface area (Å²) in [4.78, 5) is 14.4. The van der Waals surface area contributed by atoms with Gasteiger partial charge in [-0.05, 0) is 29.7 Å². The highest BCUT2D eigenvalue weighted by atomic mass is 16.1. The van der Waals surface area contributed by atoms with Gasteiger partial charge in [0, 0.05) is 24.3 Å². The summed E-state index contributed by atoms with van der Waals surface area (Å²) in [6, 6.07) is 15.5. The Morgan fingerprint density at radius 2 is 1.90 bits per heavy atom. The van der Waals surface area contributed by atoms with Crippen molar-refractivity contribution in [3.05, 3.63) is 65.2 Å². The van der Waals surface area contributed by atoms with E-state index in [1.807, 2.05) is 42.5 Å². The van der Waals surface area contributed by atoms with Crippen molar-refractivity contribution < 1.29 is 4.79 Å². The lowest BCUT2D eigenvalue weighted by molar-refractivity contribution is 0.0921. The SMILES string of the molecule is Nc1ccc2c(c1)CCN(CC(=O)c1ccccc1)C2. The molecule has 1 aliphatic heterocycles. The number of hydrogen-bond acceptors (Lipinski definition) is 3. The van der Waals surface area contributed by atoms with E-state index in [4.69, 9.17) is 5.73 Å². The van der Waals surface area contributed by atoms with Crippen molar-refractivity contribution in [3.63, 3.8) is 0 Å². The molecule has 0 saturated carbocycles. The number of hydrogen-bond donors (Lipinski definition) is 1. The maximum absolute atomic E-state index is 12.2. The van der Waals surface area contributed by atoms with Gasteiger partial charge in [0.25, 0.3) is 0 Å². The number of carbonyl (C=O) groups excluding carboxylic acids is 1. The van der Waals surface area contributed by atoms with Crippen LogP contribution in [0.15, 0.2) is 48.5 Å². The average Bonchev–Trinajstić information content (AvgIpc) is 2.48. The number of benzene rings is 2. The van der Waals surface area contributed by atoms with Crippen molar-refractivity contribution in [1.82, 2.24) is 4.90 Å². The maximum Gasteiger partial charge on any atom is 0.176 e. The summed E-state index contributed by atoms with van der Waals surface area (Å²) in [5, 5.41) is 0. The van der Waals surface area contributed by atoms with Crippen LogP contribution in [0.25, 0.3) is 0 Å². The van der Waals surface area contributed by atoms with E-state index in [0.29, 0.717) is 6.54 Å². The quantitative estimate of drug-likeness (QED) is 0.686. The molecule has 1 aliphatic rings. The Bertz CT molecular complexity index is 622. The lowest BCUT2D eigenvalue weighted by Gasteiger charge is -2.28. The molecule has 0 spiro atoms. The highest BCUT2D eigenvalue weighted by Crippen LogP contribution is 2.21. The van der Waals surface area contributed by atoms with Crippen molar-refractivity contribution in [2.75, 3.05) is 18.8 Å². The van der Waals surface area contributed by atoms with Crippen LogP contribution in [0.2, 0.25) is 0 Å². The van der Waals surface area contributed by atoms with Crippen LogP contribution in [0.1, 0.15) is 21.5 Å². The highest BCUT2D eigenvalue weighted by Gasteiger charge is 2.19. The van der Waals surface area contributed by atoms with Crippen molar-refractivity contribution in [1.29, 1.82) is 0 Å². The summed E-state index contributed by atoms with van der Waals surface area (Å²) < 4.78 is 0. The molecule has 0 fully saturated rings. The summed E-state index contributed by atoms with van der Waals surface area (Å²) in [5.41, 5.74) is 10.0. The van der Waals surface area contributed by atoms with Crippen LogP contribution < -0.4 is 5.73 Å². The fourth-order valence-corrected chi connectivity index (χ4v) is 2.68. The normalized spacial score (nSPS) is 14.8. The minimum atomic E-state index is 0.185. The summed E-state index contributed by atoms with van der Waals surface area (Å²) >= 11 is 0. The van der Waals surface area contributed by atoms with Gasteiger partial charge in [0.1, 0.15) is 0 Å². The zero-order chi connectivity index (χ0) is 13.9. The van der Waals surface area contributed by atoms with E-state index < -0.39 is 0 Å². The first-order chi connectivity index (χ1) is 9.72. The lowest BCUT2D eigenvalue weighted by Crippen LogP contribution is -2.34. The zero-order valence-corrected chi connectivity index (χ0v) is 11.4. The van der Waals surface area contributed by atoms with E-state index in [-0.39, 0.29) is 5.78 Å². The second kappa shape index (κ2) is 5.47. The van der Waals surface area contributed by atoms with Gasteiger partial charge in [0.15, 0.2) is 5.78 Å². The zero-order valence-electron chi connectivity index (χ0n) is 11.4. The molecule has 0 saturated heterocycles. The summed E-state index contributed by atoms with van der Waals surface area (Å²) in [6.45, 7) is 2.22. The molecule has 3 nitrogen and oxygen atoms in total. The molecule has 0 aromatic heterocycles. The van der Waals surface area contributed by atoms with Crippen molar-refractivity contribution >= 4 is 11.5 Å². The van der Waals surface area contributed by atoms with Crippen LogP contribution in [0.4, 0.5) is 5.69 Å². The third kappa shape index (κ3) is 2.73. The summed E-state index contributed by atoms with van der Waals surface area (Å²) in [5.74, 6) is 0.185. The smallest absolute Gasteiger partial charge is 0.176 e. The third-order valence-electron chi connectivity index (χ3n) is 3.78. The first-order valence-corrected chi connectivity index (χ1v) is 6.90. The Hall–Kier alpha value is -2.13. The number of rotatable bonds is 3. The Balaban J connectivity index is 1.69. The third-order valence-corrected chi connectivity index (χ3v) is 3.78. The molecule has 0 amide bonds. The number of anilines is 1. The van der Waals surface area contributed by atoms with Crippen LogP contribution in [-0.4, -0.2) is 23.8 Å². The Morgan fingerprint density at radius 3 is 2.70 bits per heavy atom. The molecule has 0 aliphatic carbocycles. The number of fused-ring (bicyclic) bond motifs is 1. The monoisotopic (exact) mass is 266 g/mol. The van der Waals surface area contributed by atoms with Gasteiger partial charge in [-0.1, -0.05) is 36.4 Å². The topological polar surface area (TPSA) is 46.3 Å². The molecule has 1 heterocycles. The van der Waals surface area contributed by atoms with E-state index in [2.05, 4.69) is 11.0 Å². The van der Waals surface area contributed by atoms with Gasteiger partial charge in [-0.3, -0.25) is 9.69 Å². The molecule has 2 aromatic carbocycles. The first-order valence-electron chi connectivity index (χ1n) is 6.90. The Labute approximate surface area is 119 Å². The fourth-order valence-electron chi connectivity index (χ4n) is 2.68. The maximum atomic E-state index is 12.2. The number of carbonyl (C=O) groups is 1. The van der Waals surface area contributed by atoms with Crippen LogP contribution in [-0.2, 0) is 13.0 Å². The molecule has 20 heavy (non-hydrogen) atoms. The van der Waals surface area contributed by atoms with Crippen molar-refractivity contribution in [2.45, 2.75) is 13.0 Å². The minimum Gasteiger partial charge on any atom is -0.399 e. The predicted molar refractivity (Wildman–Crippen MR) is 80.6 cm³/mol.